The van der Waals surface area contributed by atoms with E-state index in [4.69, 9.17) is 4.74 Å². The van der Waals surface area contributed by atoms with E-state index in [1.54, 1.807) is 6.07 Å². The van der Waals surface area contributed by atoms with Gasteiger partial charge in [0.1, 0.15) is 0 Å². The van der Waals surface area contributed by atoms with Crippen molar-refractivity contribution in [3.63, 3.8) is 0 Å². The summed E-state index contributed by atoms with van der Waals surface area (Å²) in [6, 6.07) is 3.64. The first-order valence-electron chi connectivity index (χ1n) is 7.22. The molecule has 0 aliphatic carbocycles. The van der Waals surface area contributed by atoms with Gasteiger partial charge in [-0.15, -0.1) is 0 Å². The van der Waals surface area contributed by atoms with Crippen molar-refractivity contribution in [2.45, 2.75) is 50.5 Å². The Hall–Kier alpha value is -0.430. The summed E-state index contributed by atoms with van der Waals surface area (Å²) in [5, 5.41) is 0. The van der Waals surface area contributed by atoms with Gasteiger partial charge in [0.2, 0.25) is 10.0 Å². The molecule has 0 aromatic heterocycles. The monoisotopic (exact) mass is 375 g/mol. The second-order valence-electron chi connectivity index (χ2n) is 5.78. The number of aryl methyl sites for hydroxylation is 1. The van der Waals surface area contributed by atoms with E-state index in [9.17, 15) is 8.42 Å². The summed E-state index contributed by atoms with van der Waals surface area (Å²) in [5.74, 6) is 0.135. The van der Waals surface area contributed by atoms with Crippen LogP contribution in [0, 0.1) is 6.92 Å². The molecule has 0 spiro atoms. The Labute approximate surface area is 135 Å². The van der Waals surface area contributed by atoms with Crippen LogP contribution >= 0.6 is 15.9 Å². The predicted molar refractivity (Wildman–Crippen MR) is 87.1 cm³/mol. The van der Waals surface area contributed by atoms with Crippen molar-refractivity contribution in [3.05, 3.63) is 27.7 Å². The second-order valence-corrected chi connectivity index (χ2v) is 8.37. The lowest BCUT2D eigenvalue weighted by molar-refractivity contribution is 0.114. The number of benzene rings is 1. The van der Waals surface area contributed by atoms with E-state index in [1.807, 2.05) is 26.8 Å². The lowest BCUT2D eigenvalue weighted by atomic mass is 10.0. The maximum absolute atomic E-state index is 12.6. The maximum Gasteiger partial charge on any atom is 0.240 e. The second kappa shape index (κ2) is 6.77. The molecule has 0 radical (unpaired) electrons. The molecule has 2 rings (SSSR count). The molecule has 118 valence electrons. The van der Waals surface area contributed by atoms with Crippen LogP contribution in [0.25, 0.3) is 0 Å². The minimum atomic E-state index is -3.51. The Morgan fingerprint density at radius 2 is 2.14 bits per heavy atom. The normalized spacial score (nSPS) is 19.4. The van der Waals surface area contributed by atoms with E-state index in [1.165, 1.54) is 0 Å². The Balaban J connectivity index is 2.27. The molecule has 6 heteroatoms. The summed E-state index contributed by atoms with van der Waals surface area (Å²) in [6.45, 7) is 6.95. The Morgan fingerprint density at radius 3 is 2.71 bits per heavy atom. The molecule has 1 unspecified atom stereocenters. The van der Waals surface area contributed by atoms with Crippen molar-refractivity contribution in [2.75, 3.05) is 13.2 Å². The lowest BCUT2D eigenvalue weighted by Gasteiger charge is -2.17. The van der Waals surface area contributed by atoms with Crippen molar-refractivity contribution in [1.82, 2.24) is 4.72 Å². The Kier molecular flexibility index (Phi) is 5.46. The van der Waals surface area contributed by atoms with Crippen LogP contribution in [-0.4, -0.2) is 27.7 Å². The van der Waals surface area contributed by atoms with Crippen LogP contribution in [0.1, 0.15) is 43.7 Å². The molecule has 0 amide bonds. The van der Waals surface area contributed by atoms with E-state index >= 15 is 0 Å². The molecule has 1 aromatic rings. The zero-order chi connectivity index (χ0) is 15.6. The highest BCUT2D eigenvalue weighted by molar-refractivity contribution is 9.10. The van der Waals surface area contributed by atoms with Crippen molar-refractivity contribution in [3.8, 4) is 0 Å². The van der Waals surface area contributed by atoms with Crippen LogP contribution in [0.2, 0.25) is 0 Å². The van der Waals surface area contributed by atoms with Gasteiger partial charge in [0, 0.05) is 17.6 Å². The molecule has 1 fully saturated rings. The quantitative estimate of drug-likeness (QED) is 0.858. The highest BCUT2D eigenvalue weighted by Crippen LogP contribution is 2.30. The van der Waals surface area contributed by atoms with Crippen molar-refractivity contribution < 1.29 is 13.2 Å². The number of halogens is 1. The average Bonchev–Trinajstić information content (AvgIpc) is 2.92. The van der Waals surface area contributed by atoms with Crippen LogP contribution in [0.15, 0.2) is 21.5 Å². The smallest absolute Gasteiger partial charge is 0.240 e. The van der Waals surface area contributed by atoms with E-state index in [2.05, 4.69) is 20.7 Å². The topological polar surface area (TPSA) is 55.4 Å². The summed E-state index contributed by atoms with van der Waals surface area (Å²) in [7, 11) is -3.51. The first-order chi connectivity index (χ1) is 9.81. The number of hydrogen-bond donors (Lipinski definition) is 1. The van der Waals surface area contributed by atoms with Crippen LogP contribution < -0.4 is 4.72 Å². The van der Waals surface area contributed by atoms with Crippen molar-refractivity contribution in [2.24, 2.45) is 0 Å². The zero-order valence-electron chi connectivity index (χ0n) is 12.6. The van der Waals surface area contributed by atoms with Gasteiger partial charge in [0.05, 0.1) is 11.0 Å². The highest BCUT2D eigenvalue weighted by Gasteiger charge is 2.24. The zero-order valence-corrected chi connectivity index (χ0v) is 15.1. The molecule has 1 aliphatic heterocycles. The fraction of sp³-hybridized carbons (Fsp3) is 0.600. The molecular weight excluding hydrogens is 354 g/mol. The molecule has 1 aromatic carbocycles. The molecular formula is C15H22BrNO3S. The van der Waals surface area contributed by atoms with Crippen LogP contribution in [-0.2, 0) is 14.8 Å². The molecule has 1 heterocycles. The third kappa shape index (κ3) is 4.06. The molecule has 1 atom stereocenters. The minimum absolute atomic E-state index is 0.00109. The summed E-state index contributed by atoms with van der Waals surface area (Å²) in [5.41, 5.74) is 1.74. The van der Waals surface area contributed by atoms with Crippen LogP contribution in [0.4, 0.5) is 0 Å². The molecule has 0 saturated carbocycles. The molecule has 1 aliphatic rings. The van der Waals surface area contributed by atoms with Crippen molar-refractivity contribution in [1.29, 1.82) is 0 Å². The van der Waals surface area contributed by atoms with Gasteiger partial charge in [0.15, 0.2) is 0 Å². The predicted octanol–water partition coefficient (Wildman–Crippen LogP) is 3.34. The molecule has 4 nitrogen and oxygen atoms in total. The maximum atomic E-state index is 12.6. The van der Waals surface area contributed by atoms with Crippen LogP contribution in [0.3, 0.4) is 0 Å². The number of nitrogens with one attached hydrogen (secondary N) is 1. The number of sulfonamides is 1. The standard InChI is InChI=1S/C15H22BrNO3S/c1-10(2)13-8-14(16)11(3)7-15(13)21(18,19)17-9-12-5-4-6-20-12/h7-8,10,12,17H,4-6,9H2,1-3H3. The van der Waals surface area contributed by atoms with E-state index in [-0.39, 0.29) is 12.0 Å². The third-order valence-corrected chi connectivity index (χ3v) is 6.06. The highest BCUT2D eigenvalue weighted by atomic mass is 79.9. The van der Waals surface area contributed by atoms with Crippen molar-refractivity contribution >= 4 is 26.0 Å². The van der Waals surface area contributed by atoms with Gasteiger partial charge in [-0.2, -0.15) is 0 Å². The third-order valence-electron chi connectivity index (χ3n) is 3.73. The van der Waals surface area contributed by atoms with E-state index in [0.717, 1.165) is 35.0 Å². The lowest BCUT2D eigenvalue weighted by Crippen LogP contribution is -2.32. The molecule has 0 bridgehead atoms. The Bertz CT molecular complexity index is 608. The molecule has 21 heavy (non-hydrogen) atoms. The fourth-order valence-corrected chi connectivity index (χ4v) is 4.30. The van der Waals surface area contributed by atoms with Gasteiger partial charge in [-0.3, -0.25) is 0 Å². The SMILES string of the molecule is Cc1cc(S(=O)(=O)NCC2CCCO2)c(C(C)C)cc1Br. The minimum Gasteiger partial charge on any atom is -0.377 e. The summed E-state index contributed by atoms with van der Waals surface area (Å²) >= 11 is 3.47. The summed E-state index contributed by atoms with van der Waals surface area (Å²) < 4.78 is 34.3. The first kappa shape index (κ1) is 16.9. The number of rotatable bonds is 5. The Morgan fingerprint density at radius 1 is 1.43 bits per heavy atom. The molecule has 1 saturated heterocycles. The van der Waals surface area contributed by atoms with Gasteiger partial charge in [-0.1, -0.05) is 29.8 Å². The van der Waals surface area contributed by atoms with Gasteiger partial charge in [-0.25, -0.2) is 13.1 Å². The molecule has 1 N–H and O–H groups in total. The van der Waals surface area contributed by atoms with Crippen LogP contribution in [0.5, 0.6) is 0 Å². The number of ether oxygens (including phenoxy) is 1. The van der Waals surface area contributed by atoms with E-state index < -0.39 is 10.0 Å². The van der Waals surface area contributed by atoms with Gasteiger partial charge in [-0.05, 0) is 48.9 Å². The van der Waals surface area contributed by atoms with E-state index in [0.29, 0.717) is 11.4 Å². The largest absolute Gasteiger partial charge is 0.377 e. The number of hydrogen-bond acceptors (Lipinski definition) is 3. The van der Waals surface area contributed by atoms with Gasteiger partial charge in [0.25, 0.3) is 0 Å². The summed E-state index contributed by atoms with van der Waals surface area (Å²) in [6.07, 6.45) is 1.92. The average molecular weight is 376 g/mol. The van der Waals surface area contributed by atoms with Gasteiger partial charge >= 0.3 is 0 Å². The fourth-order valence-electron chi connectivity index (χ4n) is 2.44. The summed E-state index contributed by atoms with van der Waals surface area (Å²) in [4.78, 5) is 0.371. The first-order valence-corrected chi connectivity index (χ1v) is 9.50. The van der Waals surface area contributed by atoms with Gasteiger partial charge < -0.3 is 4.74 Å².